The van der Waals surface area contributed by atoms with Crippen molar-refractivity contribution in [2.45, 2.75) is 5.41 Å². The molecule has 3 nitrogen and oxygen atoms in total. The largest absolute Gasteiger partial charge is 0.456 e. The lowest BCUT2D eigenvalue weighted by molar-refractivity contribution is 0.665. The van der Waals surface area contributed by atoms with Gasteiger partial charge in [0.2, 0.25) is 0 Å². The van der Waals surface area contributed by atoms with E-state index in [4.69, 9.17) is 8.83 Å². The molecule has 0 aliphatic heterocycles. The van der Waals surface area contributed by atoms with Crippen LogP contribution in [0.4, 0.5) is 17.1 Å². The third-order valence-corrected chi connectivity index (χ3v) is 14.8. The zero-order valence-corrected chi connectivity index (χ0v) is 36.8. The average Bonchev–Trinajstić information content (AvgIpc) is 4.14. The van der Waals surface area contributed by atoms with Gasteiger partial charge in [-0.1, -0.05) is 188 Å². The first-order chi connectivity index (χ1) is 33.7. The fourth-order valence-electron chi connectivity index (χ4n) is 12.0. The molecule has 0 amide bonds. The van der Waals surface area contributed by atoms with Gasteiger partial charge in [-0.15, -0.1) is 0 Å². The highest BCUT2D eigenvalue weighted by molar-refractivity contribution is 6.25. The Labute approximate surface area is 392 Å². The van der Waals surface area contributed by atoms with Crippen LogP contribution in [0.5, 0.6) is 0 Å². The summed E-state index contributed by atoms with van der Waals surface area (Å²) in [4.78, 5) is 2.41. The Morgan fingerprint density at radius 2 is 0.941 bits per heavy atom. The number of nitrogens with zero attached hydrogens (tertiary/aromatic N) is 1. The van der Waals surface area contributed by atoms with E-state index in [0.717, 1.165) is 83.2 Å². The summed E-state index contributed by atoms with van der Waals surface area (Å²) in [6.07, 6.45) is 0. The predicted octanol–water partition coefficient (Wildman–Crippen LogP) is 17.8. The number of benzene rings is 11. The summed E-state index contributed by atoms with van der Waals surface area (Å²) in [6.45, 7) is 0. The second kappa shape index (κ2) is 14.0. The molecular formula is C65H39NO2. The molecule has 11 aromatic carbocycles. The molecule has 0 fully saturated rings. The number of anilines is 3. The topological polar surface area (TPSA) is 29.5 Å². The summed E-state index contributed by atoms with van der Waals surface area (Å²) in [5, 5.41) is 6.52. The lowest BCUT2D eigenvalue weighted by Gasteiger charge is -2.32. The average molecular weight is 866 g/mol. The first kappa shape index (κ1) is 37.3. The lowest BCUT2D eigenvalue weighted by Crippen LogP contribution is -2.26. The van der Waals surface area contributed by atoms with E-state index in [0.29, 0.717) is 0 Å². The molecule has 68 heavy (non-hydrogen) atoms. The third-order valence-electron chi connectivity index (χ3n) is 14.8. The third kappa shape index (κ3) is 5.07. The Balaban J connectivity index is 1.03. The Morgan fingerprint density at radius 1 is 0.324 bits per heavy atom. The number of furan rings is 2. The Kier molecular flexibility index (Phi) is 7.71. The molecule has 15 rings (SSSR count). The van der Waals surface area contributed by atoms with Gasteiger partial charge >= 0.3 is 0 Å². The molecule has 0 bridgehead atoms. The minimum Gasteiger partial charge on any atom is -0.456 e. The van der Waals surface area contributed by atoms with Gasteiger partial charge in [-0.05, 0) is 121 Å². The molecule has 0 atom stereocenters. The molecular weight excluding hydrogens is 827 g/mol. The van der Waals surface area contributed by atoms with Crippen molar-refractivity contribution in [2.24, 2.45) is 0 Å². The van der Waals surface area contributed by atoms with Gasteiger partial charge in [0.25, 0.3) is 0 Å². The van der Waals surface area contributed by atoms with Crippen LogP contribution in [0, 0.1) is 0 Å². The number of hydrogen-bond acceptors (Lipinski definition) is 3. The van der Waals surface area contributed by atoms with Crippen molar-refractivity contribution < 1.29 is 8.83 Å². The zero-order chi connectivity index (χ0) is 44.5. The maximum Gasteiger partial charge on any atom is 0.159 e. The quantitative estimate of drug-likeness (QED) is 0.173. The minimum absolute atomic E-state index is 0.496. The van der Waals surface area contributed by atoms with Gasteiger partial charge < -0.3 is 13.7 Å². The summed E-state index contributed by atoms with van der Waals surface area (Å²) < 4.78 is 14.2. The molecule has 0 saturated heterocycles. The monoisotopic (exact) mass is 865 g/mol. The van der Waals surface area contributed by atoms with Crippen molar-refractivity contribution in [1.82, 2.24) is 0 Å². The highest BCUT2D eigenvalue weighted by Crippen LogP contribution is 2.63. The Morgan fingerprint density at radius 3 is 1.72 bits per heavy atom. The predicted molar refractivity (Wildman–Crippen MR) is 280 cm³/mol. The van der Waals surface area contributed by atoms with Crippen LogP contribution in [0.3, 0.4) is 0 Å². The summed E-state index contributed by atoms with van der Waals surface area (Å²) in [5.74, 6) is 0. The molecule has 2 aliphatic rings. The number of rotatable bonds is 5. The Bertz CT molecular complexity index is 4170. The fourth-order valence-corrected chi connectivity index (χ4v) is 12.0. The number of para-hydroxylation sites is 2. The smallest absolute Gasteiger partial charge is 0.159 e. The van der Waals surface area contributed by atoms with E-state index in [1.807, 2.05) is 6.07 Å². The van der Waals surface area contributed by atoms with E-state index in [2.05, 4.69) is 235 Å². The van der Waals surface area contributed by atoms with Crippen molar-refractivity contribution in [3.63, 3.8) is 0 Å². The SMILES string of the molecule is c1ccc(-c2cccc(N(c3ccc4c(c3)C3(c5ccccc5-c5ccccc53)c3ccccc3-4)c3cccc4c3oc3c(-c5ccc6ccccc6c5)c5c(cc34)oc3ccccc35)c2)cc1. The molecule has 2 aromatic heterocycles. The second-order valence-electron chi connectivity index (χ2n) is 18.3. The van der Waals surface area contributed by atoms with Crippen LogP contribution in [0.25, 0.3) is 99.2 Å². The first-order valence-electron chi connectivity index (χ1n) is 23.4. The van der Waals surface area contributed by atoms with Crippen LogP contribution in [-0.2, 0) is 5.41 Å². The zero-order valence-electron chi connectivity index (χ0n) is 36.8. The molecule has 0 saturated carbocycles. The van der Waals surface area contributed by atoms with E-state index in [-0.39, 0.29) is 0 Å². The van der Waals surface area contributed by atoms with Crippen LogP contribution in [-0.4, -0.2) is 0 Å². The van der Waals surface area contributed by atoms with Gasteiger partial charge in [0.1, 0.15) is 16.7 Å². The van der Waals surface area contributed by atoms with E-state index in [1.165, 1.54) is 55.3 Å². The van der Waals surface area contributed by atoms with Gasteiger partial charge in [0.15, 0.2) is 5.58 Å². The van der Waals surface area contributed by atoms with Crippen LogP contribution < -0.4 is 4.90 Å². The normalized spacial score (nSPS) is 13.1. The highest BCUT2D eigenvalue weighted by atomic mass is 16.3. The van der Waals surface area contributed by atoms with Crippen molar-refractivity contribution in [3.05, 3.63) is 259 Å². The maximum atomic E-state index is 7.49. The summed E-state index contributed by atoms with van der Waals surface area (Å²) >= 11 is 0. The molecule has 0 unspecified atom stereocenters. The van der Waals surface area contributed by atoms with Crippen molar-refractivity contribution in [1.29, 1.82) is 0 Å². The van der Waals surface area contributed by atoms with Crippen LogP contribution in [0.15, 0.2) is 245 Å². The first-order valence-corrected chi connectivity index (χ1v) is 23.4. The molecule has 0 N–H and O–H groups in total. The standard InChI is InChI=1S/C65H39NO2/c1-2-16-40(17-3-1)43-20-14-21-45(37-43)66(46-34-35-50-49-24-8-12-29-56(49)65(57(50)38-46)54-27-10-6-22-47(54)48-23-7-11-28-55(48)65)58-30-15-26-51-53-39-60-62(52-25-9-13-31-59(52)67-60)61(64(53)68-63(51)58)44-33-32-41-18-4-5-19-42(41)36-44/h1-39H. The molecule has 0 radical (unpaired) electrons. The highest BCUT2D eigenvalue weighted by Gasteiger charge is 2.51. The second-order valence-corrected chi connectivity index (χ2v) is 18.3. The van der Waals surface area contributed by atoms with Gasteiger partial charge in [-0.2, -0.15) is 0 Å². The lowest BCUT2D eigenvalue weighted by atomic mass is 9.70. The summed E-state index contributed by atoms with van der Waals surface area (Å²) in [6, 6.07) is 86.2. The summed E-state index contributed by atoms with van der Waals surface area (Å²) in [7, 11) is 0. The van der Waals surface area contributed by atoms with E-state index < -0.39 is 5.41 Å². The van der Waals surface area contributed by atoms with Crippen molar-refractivity contribution >= 4 is 71.7 Å². The van der Waals surface area contributed by atoms with Crippen LogP contribution in [0.2, 0.25) is 0 Å². The van der Waals surface area contributed by atoms with Crippen LogP contribution >= 0.6 is 0 Å². The molecule has 316 valence electrons. The number of fused-ring (bicyclic) bond motifs is 17. The van der Waals surface area contributed by atoms with Gasteiger partial charge in [0.05, 0.1) is 11.1 Å². The minimum atomic E-state index is -0.496. The van der Waals surface area contributed by atoms with Gasteiger partial charge in [0, 0.05) is 38.5 Å². The van der Waals surface area contributed by atoms with E-state index in [9.17, 15) is 0 Å². The van der Waals surface area contributed by atoms with Crippen molar-refractivity contribution in [3.8, 4) is 44.5 Å². The van der Waals surface area contributed by atoms with Crippen LogP contribution in [0.1, 0.15) is 22.3 Å². The summed E-state index contributed by atoms with van der Waals surface area (Å²) in [5.41, 5.74) is 20.6. The molecule has 3 heteroatoms. The van der Waals surface area contributed by atoms with Crippen molar-refractivity contribution in [2.75, 3.05) is 4.90 Å². The fraction of sp³-hybridized carbons (Fsp3) is 0.0154. The van der Waals surface area contributed by atoms with E-state index >= 15 is 0 Å². The maximum absolute atomic E-state index is 7.49. The molecule has 2 aliphatic carbocycles. The molecule has 1 spiro atoms. The van der Waals surface area contributed by atoms with E-state index in [1.54, 1.807) is 0 Å². The Hall–Kier alpha value is -8.92. The number of hydrogen-bond donors (Lipinski definition) is 0. The molecule has 13 aromatic rings. The molecule has 2 heterocycles. The van der Waals surface area contributed by atoms with Gasteiger partial charge in [-0.25, -0.2) is 0 Å². The van der Waals surface area contributed by atoms with Gasteiger partial charge in [-0.3, -0.25) is 0 Å².